The number of alkyl halides is 2. The molecule has 1 saturated heterocycles. The fourth-order valence-corrected chi connectivity index (χ4v) is 1.57. The predicted octanol–water partition coefficient (Wildman–Crippen LogP) is 1.18. The molecule has 92 valence electrons. The number of aliphatic imine (C=N–C) groups is 1. The zero-order valence-electron chi connectivity index (χ0n) is 8.73. The first kappa shape index (κ1) is 13.5. The Morgan fingerprint density at radius 3 is 2.81 bits per heavy atom. The van der Waals surface area contributed by atoms with Gasteiger partial charge in [-0.15, -0.1) is 0 Å². The van der Waals surface area contributed by atoms with E-state index < -0.39 is 9.38 Å². The van der Waals surface area contributed by atoms with E-state index in [9.17, 15) is 10.1 Å². The average Bonchev–Trinajstić information content (AvgIpc) is 2.60. The maximum atomic E-state index is 10.5. The summed E-state index contributed by atoms with van der Waals surface area (Å²) >= 11 is 10.8. The molecule has 0 aliphatic carbocycles. The van der Waals surface area contributed by atoms with E-state index in [-0.39, 0.29) is 17.9 Å². The van der Waals surface area contributed by atoms with Crippen molar-refractivity contribution in [2.24, 2.45) is 16.6 Å². The Bertz CT molecular complexity index is 309. The largest absolute Gasteiger partial charge is 0.427 e. The Morgan fingerprint density at radius 2 is 2.38 bits per heavy atom. The minimum atomic E-state index is -2.34. The topological polar surface area (TPSA) is 90.8 Å². The maximum absolute atomic E-state index is 10.5. The van der Waals surface area contributed by atoms with Crippen LogP contribution in [0.5, 0.6) is 0 Å². The first-order chi connectivity index (χ1) is 7.34. The summed E-state index contributed by atoms with van der Waals surface area (Å²) in [4.78, 5) is 13.4. The molecule has 1 aliphatic rings. The molecule has 16 heavy (non-hydrogen) atoms. The standard InChI is InChI=1S/C8H13Cl2N3O3/c1-5-2-6(4-16-5)3-12-7(11)8(9,10)13(14)15/h5-6H,2-4H2,1H3,(H2,11,12). The molecule has 0 aromatic rings. The van der Waals surface area contributed by atoms with E-state index in [0.717, 1.165) is 6.42 Å². The summed E-state index contributed by atoms with van der Waals surface area (Å²) in [6.45, 7) is 2.87. The van der Waals surface area contributed by atoms with Crippen molar-refractivity contribution in [1.29, 1.82) is 0 Å². The molecule has 2 N–H and O–H groups in total. The van der Waals surface area contributed by atoms with Crippen LogP contribution in [0.4, 0.5) is 0 Å². The highest BCUT2D eigenvalue weighted by molar-refractivity contribution is 6.56. The Balaban J connectivity index is 2.54. The minimum absolute atomic E-state index is 0.189. The van der Waals surface area contributed by atoms with Crippen molar-refractivity contribution in [2.45, 2.75) is 23.9 Å². The monoisotopic (exact) mass is 269 g/mol. The van der Waals surface area contributed by atoms with E-state index in [1.54, 1.807) is 0 Å². The van der Waals surface area contributed by atoms with E-state index >= 15 is 0 Å². The number of nitrogens with two attached hydrogens (primary N) is 1. The molecule has 6 nitrogen and oxygen atoms in total. The van der Waals surface area contributed by atoms with E-state index in [2.05, 4.69) is 4.99 Å². The van der Waals surface area contributed by atoms with Gasteiger partial charge in [0.25, 0.3) is 0 Å². The molecule has 2 unspecified atom stereocenters. The third kappa shape index (κ3) is 3.20. The highest BCUT2D eigenvalue weighted by Gasteiger charge is 2.43. The highest BCUT2D eigenvalue weighted by Crippen LogP contribution is 2.23. The molecule has 0 aromatic carbocycles. The second-order valence-corrected chi connectivity index (χ2v) is 5.06. The van der Waals surface area contributed by atoms with Crippen molar-refractivity contribution < 1.29 is 9.66 Å². The zero-order valence-corrected chi connectivity index (χ0v) is 10.2. The van der Waals surface area contributed by atoms with Crippen LogP contribution in [0.2, 0.25) is 0 Å². The van der Waals surface area contributed by atoms with Gasteiger partial charge in [0, 0.05) is 12.5 Å². The number of hydrogen-bond acceptors (Lipinski definition) is 4. The first-order valence-corrected chi connectivity index (χ1v) is 5.54. The number of rotatable bonds is 4. The van der Waals surface area contributed by atoms with E-state index in [0.29, 0.717) is 13.2 Å². The van der Waals surface area contributed by atoms with Gasteiger partial charge in [-0.25, -0.2) is 0 Å². The van der Waals surface area contributed by atoms with Crippen LogP contribution < -0.4 is 5.73 Å². The van der Waals surface area contributed by atoms with Gasteiger partial charge in [0.05, 0.1) is 17.6 Å². The molecule has 0 aromatic heterocycles. The molecular weight excluding hydrogens is 257 g/mol. The van der Waals surface area contributed by atoms with E-state index in [1.165, 1.54) is 0 Å². The maximum Gasteiger partial charge on any atom is 0.427 e. The molecule has 1 fully saturated rings. The van der Waals surface area contributed by atoms with Crippen LogP contribution in [0.15, 0.2) is 4.99 Å². The SMILES string of the molecule is CC1CC(CN=C(N)C(Cl)(Cl)[N+](=O)[O-])CO1. The van der Waals surface area contributed by atoms with Crippen LogP contribution in [0.1, 0.15) is 13.3 Å². The lowest BCUT2D eigenvalue weighted by Crippen LogP contribution is -2.41. The van der Waals surface area contributed by atoms with Gasteiger partial charge < -0.3 is 10.5 Å². The van der Waals surface area contributed by atoms with Gasteiger partial charge in [-0.1, -0.05) is 0 Å². The first-order valence-electron chi connectivity index (χ1n) is 4.78. The summed E-state index contributed by atoms with van der Waals surface area (Å²) in [5, 5.41) is 10.5. The summed E-state index contributed by atoms with van der Waals surface area (Å²) < 4.78 is 2.98. The summed E-state index contributed by atoms with van der Waals surface area (Å²) in [7, 11) is 0. The molecule has 0 bridgehead atoms. The quantitative estimate of drug-likeness (QED) is 0.207. The van der Waals surface area contributed by atoms with Crippen LogP contribution in [-0.4, -0.2) is 34.5 Å². The molecule has 0 radical (unpaired) electrons. The number of ether oxygens (including phenoxy) is 1. The second kappa shape index (κ2) is 5.16. The molecular formula is C8H13Cl2N3O3. The lowest BCUT2D eigenvalue weighted by Gasteiger charge is -2.10. The van der Waals surface area contributed by atoms with Crippen molar-refractivity contribution in [3.63, 3.8) is 0 Å². The summed E-state index contributed by atoms with van der Waals surface area (Å²) in [6.07, 6.45) is 1.04. The highest BCUT2D eigenvalue weighted by atomic mass is 35.5. The third-order valence-corrected chi connectivity index (χ3v) is 3.00. The van der Waals surface area contributed by atoms with Crippen molar-refractivity contribution in [3.05, 3.63) is 10.1 Å². The van der Waals surface area contributed by atoms with Crippen LogP contribution in [0.3, 0.4) is 0 Å². The molecule has 1 heterocycles. The summed E-state index contributed by atoms with van der Waals surface area (Å²) in [6, 6.07) is 0. The Labute approximate surface area is 103 Å². The van der Waals surface area contributed by atoms with Gasteiger partial charge in [-0.3, -0.25) is 15.1 Å². The Kier molecular flexibility index (Phi) is 4.35. The van der Waals surface area contributed by atoms with Gasteiger partial charge in [0.1, 0.15) is 0 Å². The molecule has 0 spiro atoms. The van der Waals surface area contributed by atoms with E-state index in [4.69, 9.17) is 33.7 Å². The lowest BCUT2D eigenvalue weighted by atomic mass is 10.1. The fourth-order valence-electron chi connectivity index (χ4n) is 1.45. The molecule has 1 aliphatic heterocycles. The number of nitrogens with zero attached hydrogens (tertiary/aromatic N) is 2. The molecule has 0 amide bonds. The Morgan fingerprint density at radius 1 is 1.75 bits per heavy atom. The second-order valence-electron chi connectivity index (χ2n) is 3.77. The van der Waals surface area contributed by atoms with Crippen LogP contribution in [-0.2, 0) is 4.74 Å². The normalized spacial score (nSPS) is 27.1. The molecule has 8 heteroatoms. The van der Waals surface area contributed by atoms with Crippen LogP contribution >= 0.6 is 23.2 Å². The number of amidine groups is 1. The number of halogens is 2. The van der Waals surface area contributed by atoms with Crippen molar-refractivity contribution in [1.82, 2.24) is 0 Å². The van der Waals surface area contributed by atoms with Gasteiger partial charge in [-0.05, 0) is 36.5 Å². The van der Waals surface area contributed by atoms with Crippen LogP contribution in [0.25, 0.3) is 0 Å². The molecule has 1 rings (SSSR count). The van der Waals surface area contributed by atoms with Crippen molar-refractivity contribution >= 4 is 29.0 Å². The predicted molar refractivity (Wildman–Crippen MR) is 61.4 cm³/mol. The van der Waals surface area contributed by atoms with Crippen LogP contribution in [0, 0.1) is 16.0 Å². The van der Waals surface area contributed by atoms with E-state index in [1.807, 2.05) is 6.92 Å². The zero-order chi connectivity index (χ0) is 12.3. The molecule has 0 saturated carbocycles. The van der Waals surface area contributed by atoms with Gasteiger partial charge >= 0.3 is 4.46 Å². The van der Waals surface area contributed by atoms with Gasteiger partial charge in [0.2, 0.25) is 5.84 Å². The average molecular weight is 270 g/mol. The molecule has 2 atom stereocenters. The summed E-state index contributed by atoms with van der Waals surface area (Å²) in [5.74, 6) is -0.176. The lowest BCUT2D eigenvalue weighted by molar-refractivity contribution is -0.496. The minimum Gasteiger partial charge on any atom is -0.379 e. The van der Waals surface area contributed by atoms with Gasteiger partial charge in [-0.2, -0.15) is 0 Å². The number of nitro groups is 1. The van der Waals surface area contributed by atoms with Gasteiger partial charge in [0.15, 0.2) is 0 Å². The van der Waals surface area contributed by atoms with Crippen molar-refractivity contribution in [2.75, 3.05) is 13.2 Å². The third-order valence-electron chi connectivity index (χ3n) is 2.34. The number of hydrogen-bond donors (Lipinski definition) is 1. The Hall–Kier alpha value is -0.590. The van der Waals surface area contributed by atoms with Crippen molar-refractivity contribution in [3.8, 4) is 0 Å². The summed E-state index contributed by atoms with van der Waals surface area (Å²) in [5.41, 5.74) is 5.37. The fraction of sp³-hybridized carbons (Fsp3) is 0.875. The smallest absolute Gasteiger partial charge is 0.379 e.